The molecule has 3 aromatic rings. The van der Waals surface area contributed by atoms with E-state index in [1.54, 1.807) is 7.11 Å². The van der Waals surface area contributed by atoms with Gasteiger partial charge in [0.05, 0.1) is 26.4 Å². The quantitative estimate of drug-likeness (QED) is 0.734. The van der Waals surface area contributed by atoms with E-state index >= 15 is 0 Å². The normalized spacial score (nSPS) is 16.5. The number of oxazole rings is 1. The van der Waals surface area contributed by atoms with Crippen LogP contribution >= 0.6 is 0 Å². The van der Waals surface area contributed by atoms with Gasteiger partial charge in [0.2, 0.25) is 0 Å². The SMILES string of the molecule is COc1ccc(C(CNc2nc3ccccc3o2)N2CCOCC2)cc1. The molecule has 1 saturated heterocycles. The predicted octanol–water partition coefficient (Wildman–Crippen LogP) is 3.32. The van der Waals surface area contributed by atoms with Crippen LogP contribution in [0.15, 0.2) is 52.9 Å². The van der Waals surface area contributed by atoms with E-state index in [0.717, 1.165) is 43.2 Å². The molecule has 6 heteroatoms. The van der Waals surface area contributed by atoms with Crippen molar-refractivity contribution in [2.45, 2.75) is 6.04 Å². The maximum absolute atomic E-state index is 5.79. The maximum Gasteiger partial charge on any atom is 0.295 e. The van der Waals surface area contributed by atoms with Crippen LogP contribution in [0.4, 0.5) is 6.01 Å². The van der Waals surface area contributed by atoms with Crippen LogP contribution < -0.4 is 10.1 Å². The Morgan fingerprint density at radius 3 is 2.62 bits per heavy atom. The first-order valence-corrected chi connectivity index (χ1v) is 8.89. The lowest BCUT2D eigenvalue weighted by Gasteiger charge is -2.34. The molecule has 2 aromatic carbocycles. The largest absolute Gasteiger partial charge is 0.497 e. The average Bonchev–Trinajstić information content (AvgIpc) is 3.12. The molecule has 0 aliphatic carbocycles. The van der Waals surface area contributed by atoms with Crippen LogP contribution in [-0.2, 0) is 4.74 Å². The second kappa shape index (κ2) is 7.76. The molecule has 0 radical (unpaired) electrons. The van der Waals surface area contributed by atoms with Gasteiger partial charge in [0.25, 0.3) is 6.01 Å². The van der Waals surface area contributed by atoms with Crippen molar-refractivity contribution in [1.29, 1.82) is 0 Å². The Kier molecular flexibility index (Phi) is 5.04. The number of aromatic nitrogens is 1. The Balaban J connectivity index is 1.53. The zero-order valence-corrected chi connectivity index (χ0v) is 14.9. The molecule has 136 valence electrons. The van der Waals surface area contributed by atoms with Gasteiger partial charge in [-0.15, -0.1) is 0 Å². The minimum atomic E-state index is 0.208. The van der Waals surface area contributed by atoms with Gasteiger partial charge in [-0.05, 0) is 29.8 Å². The summed E-state index contributed by atoms with van der Waals surface area (Å²) >= 11 is 0. The fourth-order valence-corrected chi connectivity index (χ4v) is 3.30. The molecule has 0 saturated carbocycles. The highest BCUT2D eigenvalue weighted by Gasteiger charge is 2.23. The third-order valence-electron chi connectivity index (χ3n) is 4.73. The van der Waals surface area contributed by atoms with Gasteiger partial charge in [-0.1, -0.05) is 24.3 Å². The van der Waals surface area contributed by atoms with Crippen molar-refractivity contribution >= 4 is 17.1 Å². The van der Waals surface area contributed by atoms with Gasteiger partial charge < -0.3 is 19.2 Å². The van der Waals surface area contributed by atoms with Gasteiger partial charge in [-0.25, -0.2) is 0 Å². The van der Waals surface area contributed by atoms with E-state index in [0.29, 0.717) is 12.6 Å². The Bertz CT molecular complexity index is 808. The molecule has 1 aliphatic heterocycles. The summed E-state index contributed by atoms with van der Waals surface area (Å²) in [5.41, 5.74) is 2.89. The molecule has 1 unspecified atom stereocenters. The molecule has 0 amide bonds. The molecule has 0 spiro atoms. The van der Waals surface area contributed by atoms with Crippen LogP contribution in [0.25, 0.3) is 11.1 Å². The predicted molar refractivity (Wildman–Crippen MR) is 101 cm³/mol. The summed E-state index contributed by atoms with van der Waals surface area (Å²) in [5.74, 6) is 0.862. The Morgan fingerprint density at radius 1 is 1.12 bits per heavy atom. The Labute approximate surface area is 152 Å². The van der Waals surface area contributed by atoms with Gasteiger partial charge >= 0.3 is 0 Å². The summed E-state index contributed by atoms with van der Waals surface area (Å²) in [6, 6.07) is 16.8. The molecular weight excluding hydrogens is 330 g/mol. The number of hydrogen-bond donors (Lipinski definition) is 1. The summed E-state index contributed by atoms with van der Waals surface area (Å²) in [6.45, 7) is 4.04. The van der Waals surface area contributed by atoms with Crippen molar-refractivity contribution in [3.8, 4) is 5.75 Å². The standard InChI is InChI=1S/C20H23N3O3/c1-24-16-8-6-15(7-9-16)18(23-10-12-25-13-11-23)14-21-20-22-17-4-2-3-5-19(17)26-20/h2-9,18H,10-14H2,1H3,(H,21,22). The number of fused-ring (bicyclic) bond motifs is 1. The monoisotopic (exact) mass is 353 g/mol. The van der Waals surface area contributed by atoms with E-state index in [9.17, 15) is 0 Å². The summed E-state index contributed by atoms with van der Waals surface area (Å²) in [4.78, 5) is 6.94. The van der Waals surface area contributed by atoms with Crippen LogP contribution in [-0.4, -0.2) is 49.8 Å². The highest BCUT2D eigenvalue weighted by Crippen LogP contribution is 2.25. The molecule has 2 heterocycles. The summed E-state index contributed by atoms with van der Waals surface area (Å²) < 4.78 is 16.6. The summed E-state index contributed by atoms with van der Waals surface area (Å²) in [7, 11) is 1.68. The minimum absolute atomic E-state index is 0.208. The van der Waals surface area contributed by atoms with Crippen molar-refractivity contribution in [3.63, 3.8) is 0 Å². The van der Waals surface area contributed by atoms with Crippen molar-refractivity contribution in [2.24, 2.45) is 0 Å². The minimum Gasteiger partial charge on any atom is -0.497 e. The number of benzene rings is 2. The zero-order valence-electron chi connectivity index (χ0n) is 14.9. The van der Waals surface area contributed by atoms with Crippen molar-refractivity contribution in [2.75, 3.05) is 45.3 Å². The molecule has 26 heavy (non-hydrogen) atoms. The zero-order chi connectivity index (χ0) is 17.8. The third-order valence-corrected chi connectivity index (χ3v) is 4.73. The van der Waals surface area contributed by atoms with E-state index < -0.39 is 0 Å². The first-order chi connectivity index (χ1) is 12.8. The fourth-order valence-electron chi connectivity index (χ4n) is 3.30. The number of para-hydroxylation sites is 2. The highest BCUT2D eigenvalue weighted by molar-refractivity contribution is 5.74. The summed E-state index contributed by atoms with van der Waals surface area (Å²) in [5, 5.41) is 3.37. The van der Waals surface area contributed by atoms with Gasteiger partial charge in [0.15, 0.2) is 5.58 Å². The number of ether oxygens (including phenoxy) is 2. The van der Waals surface area contributed by atoms with E-state index in [-0.39, 0.29) is 6.04 Å². The summed E-state index contributed by atoms with van der Waals surface area (Å²) in [6.07, 6.45) is 0. The number of hydrogen-bond acceptors (Lipinski definition) is 6. The van der Waals surface area contributed by atoms with Crippen LogP contribution in [0, 0.1) is 0 Å². The first-order valence-electron chi connectivity index (χ1n) is 8.89. The molecule has 1 atom stereocenters. The maximum atomic E-state index is 5.79. The van der Waals surface area contributed by atoms with E-state index in [4.69, 9.17) is 13.9 Å². The molecule has 1 aromatic heterocycles. The van der Waals surface area contributed by atoms with Crippen LogP contribution in [0.5, 0.6) is 5.75 Å². The van der Waals surface area contributed by atoms with E-state index in [1.807, 2.05) is 36.4 Å². The highest BCUT2D eigenvalue weighted by atomic mass is 16.5. The lowest BCUT2D eigenvalue weighted by Crippen LogP contribution is -2.41. The number of morpholine rings is 1. The van der Waals surface area contributed by atoms with Gasteiger partial charge in [-0.2, -0.15) is 4.98 Å². The third kappa shape index (κ3) is 3.66. The van der Waals surface area contributed by atoms with Gasteiger partial charge in [0, 0.05) is 19.6 Å². The smallest absolute Gasteiger partial charge is 0.295 e. The lowest BCUT2D eigenvalue weighted by atomic mass is 10.0. The van der Waals surface area contributed by atoms with Gasteiger partial charge in [0.1, 0.15) is 11.3 Å². The Hall–Kier alpha value is -2.57. The number of rotatable bonds is 6. The average molecular weight is 353 g/mol. The molecule has 4 rings (SSSR count). The van der Waals surface area contributed by atoms with Crippen molar-refractivity contribution in [3.05, 3.63) is 54.1 Å². The Morgan fingerprint density at radius 2 is 1.88 bits per heavy atom. The van der Waals surface area contributed by atoms with Gasteiger partial charge in [-0.3, -0.25) is 4.90 Å². The number of nitrogens with one attached hydrogen (secondary N) is 1. The first kappa shape index (κ1) is 16.9. The number of methoxy groups -OCH3 is 1. The second-order valence-corrected chi connectivity index (χ2v) is 6.30. The number of nitrogens with zero attached hydrogens (tertiary/aromatic N) is 2. The van der Waals surface area contributed by atoms with E-state index in [2.05, 4.69) is 27.3 Å². The van der Waals surface area contributed by atoms with Crippen LogP contribution in [0.2, 0.25) is 0 Å². The fraction of sp³-hybridized carbons (Fsp3) is 0.350. The van der Waals surface area contributed by atoms with E-state index in [1.165, 1.54) is 5.56 Å². The molecule has 1 N–H and O–H groups in total. The van der Waals surface area contributed by atoms with Crippen molar-refractivity contribution < 1.29 is 13.9 Å². The molecule has 1 aliphatic rings. The number of anilines is 1. The molecule has 0 bridgehead atoms. The molecular formula is C20H23N3O3. The van der Waals surface area contributed by atoms with Crippen LogP contribution in [0.3, 0.4) is 0 Å². The lowest BCUT2D eigenvalue weighted by molar-refractivity contribution is 0.0186. The molecule has 6 nitrogen and oxygen atoms in total. The topological polar surface area (TPSA) is 59.8 Å². The van der Waals surface area contributed by atoms with Crippen LogP contribution in [0.1, 0.15) is 11.6 Å². The molecule has 1 fully saturated rings. The van der Waals surface area contributed by atoms with Crippen molar-refractivity contribution in [1.82, 2.24) is 9.88 Å². The second-order valence-electron chi connectivity index (χ2n) is 6.30.